The fraction of sp³-hybridized carbons (Fsp3) is 0.500. The molecule has 0 amide bonds. The van der Waals surface area contributed by atoms with Crippen LogP contribution < -0.4 is 0 Å². The number of carbonyl (C=O) groups is 4. The van der Waals surface area contributed by atoms with Gasteiger partial charge in [0, 0.05) is 0 Å². The average molecular weight is 587 g/mol. The number of ether oxygens (including phenoxy) is 4. The van der Waals surface area contributed by atoms with Gasteiger partial charge in [0.15, 0.2) is 0 Å². The first-order valence-corrected chi connectivity index (χ1v) is 14.0. The van der Waals surface area contributed by atoms with Gasteiger partial charge in [-0.25, -0.2) is 0 Å². The molecule has 4 atom stereocenters. The van der Waals surface area contributed by atoms with E-state index in [9.17, 15) is 29.4 Å². The summed E-state index contributed by atoms with van der Waals surface area (Å²) in [6, 6.07) is 17.0. The maximum absolute atomic E-state index is 13.3. The molecule has 10 nitrogen and oxygen atoms in total. The van der Waals surface area contributed by atoms with E-state index in [0.717, 1.165) is 20.0 Å². The van der Waals surface area contributed by atoms with E-state index in [0.29, 0.717) is 11.1 Å². The van der Waals surface area contributed by atoms with Crippen molar-refractivity contribution in [1.29, 1.82) is 0 Å². The lowest BCUT2D eigenvalue weighted by atomic mass is 9.86. The van der Waals surface area contributed by atoms with Gasteiger partial charge in [-0.05, 0) is 23.0 Å². The van der Waals surface area contributed by atoms with Crippen molar-refractivity contribution in [3.05, 3.63) is 71.8 Å². The first kappa shape index (κ1) is 34.4. The van der Waals surface area contributed by atoms with E-state index < -0.39 is 74.0 Å². The molecule has 0 aliphatic heterocycles. The summed E-state index contributed by atoms with van der Waals surface area (Å²) in [6.45, 7) is 5.07. The van der Waals surface area contributed by atoms with Gasteiger partial charge in [-0.15, -0.1) is 0 Å². The predicted octanol–water partition coefficient (Wildman–Crippen LogP) is 4.10. The minimum atomic E-state index is -1.49. The van der Waals surface area contributed by atoms with Crippen LogP contribution in [0, 0.1) is 17.3 Å². The molecule has 0 radical (unpaired) electrons. The zero-order valence-corrected chi connectivity index (χ0v) is 24.7. The van der Waals surface area contributed by atoms with E-state index >= 15 is 0 Å². The van der Waals surface area contributed by atoms with Crippen LogP contribution in [-0.4, -0.2) is 61.0 Å². The van der Waals surface area contributed by atoms with Crippen LogP contribution in [-0.2, 0) is 38.1 Å². The van der Waals surface area contributed by atoms with Crippen molar-refractivity contribution in [3.63, 3.8) is 0 Å². The van der Waals surface area contributed by atoms with Crippen molar-refractivity contribution >= 4 is 23.9 Å². The lowest BCUT2D eigenvalue weighted by Crippen LogP contribution is -2.37. The molecular weight excluding hydrogens is 544 g/mol. The Balaban J connectivity index is 2.25. The molecule has 0 fully saturated rings. The second-order valence-electron chi connectivity index (χ2n) is 10.9. The molecule has 0 aromatic heterocycles. The number of carbonyl (C=O) groups excluding carboxylic acids is 4. The standard InChI is InChI=1S/C32H42O10/c1-5-16-32(2,3)21-42-29(36)18-25(31(38)41-20-27(34)23-14-10-7-11-15-23)24(17-28(35)39-4)30(37)40-19-26(33)22-12-8-6-9-13-22/h6-15,24-27,33-34H,5,16-21H2,1-4H3. The number of esters is 4. The van der Waals surface area contributed by atoms with Crippen molar-refractivity contribution in [2.45, 2.75) is 58.7 Å². The summed E-state index contributed by atoms with van der Waals surface area (Å²) in [5.74, 6) is -6.56. The number of rotatable bonds is 17. The van der Waals surface area contributed by atoms with Crippen LogP contribution in [0.1, 0.15) is 69.8 Å². The molecule has 0 saturated heterocycles. The van der Waals surface area contributed by atoms with E-state index in [4.69, 9.17) is 18.9 Å². The van der Waals surface area contributed by atoms with Crippen molar-refractivity contribution in [2.24, 2.45) is 17.3 Å². The van der Waals surface area contributed by atoms with E-state index in [2.05, 4.69) is 0 Å². The van der Waals surface area contributed by atoms with Crippen LogP contribution in [0.2, 0.25) is 0 Å². The van der Waals surface area contributed by atoms with Gasteiger partial charge in [-0.3, -0.25) is 19.2 Å². The fourth-order valence-corrected chi connectivity index (χ4v) is 4.38. The van der Waals surface area contributed by atoms with Crippen LogP contribution in [0.5, 0.6) is 0 Å². The van der Waals surface area contributed by atoms with Crippen molar-refractivity contribution in [1.82, 2.24) is 0 Å². The zero-order chi connectivity index (χ0) is 31.1. The van der Waals surface area contributed by atoms with Gasteiger partial charge >= 0.3 is 23.9 Å². The molecule has 2 rings (SSSR count). The summed E-state index contributed by atoms with van der Waals surface area (Å²) in [5, 5.41) is 20.9. The van der Waals surface area contributed by atoms with Crippen molar-refractivity contribution in [3.8, 4) is 0 Å². The van der Waals surface area contributed by atoms with Gasteiger partial charge in [-0.1, -0.05) is 87.9 Å². The first-order chi connectivity index (χ1) is 20.0. The number of aliphatic hydroxyl groups is 2. The summed E-state index contributed by atoms with van der Waals surface area (Å²) in [4.78, 5) is 51.8. The monoisotopic (exact) mass is 586 g/mol. The van der Waals surface area contributed by atoms with Crippen LogP contribution in [0.3, 0.4) is 0 Å². The van der Waals surface area contributed by atoms with E-state index in [1.807, 2.05) is 20.8 Å². The Morgan fingerprint density at radius 1 is 0.714 bits per heavy atom. The third-order valence-electron chi connectivity index (χ3n) is 6.78. The Bertz CT molecular complexity index is 1130. The molecule has 42 heavy (non-hydrogen) atoms. The summed E-state index contributed by atoms with van der Waals surface area (Å²) in [7, 11) is 1.12. The molecule has 0 bridgehead atoms. The maximum Gasteiger partial charge on any atom is 0.310 e. The number of hydrogen-bond acceptors (Lipinski definition) is 10. The van der Waals surface area contributed by atoms with Crippen LogP contribution >= 0.6 is 0 Å². The Kier molecular flexibility index (Phi) is 14.1. The summed E-state index contributed by atoms with van der Waals surface area (Å²) >= 11 is 0. The summed E-state index contributed by atoms with van der Waals surface area (Å²) in [6.07, 6.45) is -1.82. The Hall–Kier alpha value is -3.76. The van der Waals surface area contributed by atoms with Gasteiger partial charge in [-0.2, -0.15) is 0 Å². The Labute approximate surface area is 246 Å². The second kappa shape index (κ2) is 17.3. The van der Waals surface area contributed by atoms with Crippen LogP contribution in [0.15, 0.2) is 60.7 Å². The highest BCUT2D eigenvalue weighted by Crippen LogP contribution is 2.28. The van der Waals surface area contributed by atoms with Gasteiger partial charge in [0.25, 0.3) is 0 Å². The number of hydrogen-bond donors (Lipinski definition) is 2. The largest absolute Gasteiger partial charge is 0.469 e. The highest BCUT2D eigenvalue weighted by Gasteiger charge is 2.40. The van der Waals surface area contributed by atoms with Gasteiger partial charge in [0.1, 0.15) is 25.4 Å². The van der Waals surface area contributed by atoms with Gasteiger partial charge < -0.3 is 29.2 Å². The zero-order valence-electron chi connectivity index (χ0n) is 24.7. The highest BCUT2D eigenvalue weighted by molar-refractivity contribution is 5.88. The number of aliphatic hydroxyl groups excluding tert-OH is 2. The Morgan fingerprint density at radius 3 is 1.55 bits per heavy atom. The number of benzene rings is 2. The van der Waals surface area contributed by atoms with Crippen LogP contribution in [0.4, 0.5) is 0 Å². The quantitative estimate of drug-likeness (QED) is 0.205. The molecule has 10 heteroatoms. The summed E-state index contributed by atoms with van der Waals surface area (Å²) in [5.41, 5.74) is 0.691. The minimum absolute atomic E-state index is 0.0869. The van der Waals surface area contributed by atoms with Crippen molar-refractivity contribution in [2.75, 3.05) is 26.9 Å². The smallest absolute Gasteiger partial charge is 0.310 e. The summed E-state index contributed by atoms with van der Waals surface area (Å²) < 4.78 is 20.8. The molecular formula is C32H42O10. The minimum Gasteiger partial charge on any atom is -0.469 e. The van der Waals surface area contributed by atoms with E-state index in [1.54, 1.807) is 60.7 Å². The van der Waals surface area contributed by atoms with Gasteiger partial charge in [0.2, 0.25) is 0 Å². The lowest BCUT2D eigenvalue weighted by Gasteiger charge is -2.26. The predicted molar refractivity (Wildman–Crippen MR) is 153 cm³/mol. The van der Waals surface area contributed by atoms with Gasteiger partial charge in [0.05, 0.1) is 38.4 Å². The van der Waals surface area contributed by atoms with E-state index in [1.165, 1.54) is 0 Å². The third kappa shape index (κ3) is 11.6. The maximum atomic E-state index is 13.3. The second-order valence-corrected chi connectivity index (χ2v) is 10.9. The molecule has 230 valence electrons. The van der Waals surface area contributed by atoms with E-state index in [-0.39, 0.29) is 12.0 Å². The van der Waals surface area contributed by atoms with Crippen molar-refractivity contribution < 1.29 is 48.3 Å². The first-order valence-electron chi connectivity index (χ1n) is 14.0. The molecule has 2 aromatic carbocycles. The lowest BCUT2D eigenvalue weighted by molar-refractivity contribution is -0.170. The fourth-order valence-electron chi connectivity index (χ4n) is 4.38. The third-order valence-corrected chi connectivity index (χ3v) is 6.78. The van der Waals surface area contributed by atoms with Crippen LogP contribution in [0.25, 0.3) is 0 Å². The molecule has 2 aromatic rings. The SMILES string of the molecule is CCCC(C)(C)COC(=O)CC(C(=O)OCC(O)c1ccccc1)C(CC(=O)OC)C(=O)OCC(O)c1ccccc1. The molecule has 0 aliphatic rings. The molecule has 0 saturated carbocycles. The molecule has 2 N–H and O–H groups in total. The molecule has 0 spiro atoms. The highest BCUT2D eigenvalue weighted by atomic mass is 16.6. The normalized spacial score (nSPS) is 14.1. The molecule has 4 unspecified atom stereocenters. The average Bonchev–Trinajstić information content (AvgIpc) is 2.99. The number of methoxy groups -OCH3 is 1. The molecule has 0 heterocycles. The topological polar surface area (TPSA) is 146 Å². The molecule has 0 aliphatic carbocycles. The Morgan fingerprint density at radius 2 is 1.14 bits per heavy atom.